The van der Waals surface area contributed by atoms with E-state index in [4.69, 9.17) is 0 Å². The van der Waals surface area contributed by atoms with Crippen molar-refractivity contribution in [1.82, 2.24) is 10.3 Å². The van der Waals surface area contributed by atoms with Crippen molar-refractivity contribution >= 4 is 11.3 Å². The molecular weight excluding hydrogens is 225 g/mol. The van der Waals surface area contributed by atoms with Gasteiger partial charge in [-0.15, -0.1) is 11.3 Å². The van der Waals surface area contributed by atoms with Gasteiger partial charge in [-0.1, -0.05) is 0 Å². The zero-order valence-electron chi connectivity index (χ0n) is 8.40. The Morgan fingerprint density at radius 1 is 1.47 bits per heavy atom. The zero-order valence-corrected chi connectivity index (χ0v) is 9.21. The van der Waals surface area contributed by atoms with Gasteiger partial charge in [-0.05, 0) is 19.9 Å². The summed E-state index contributed by atoms with van der Waals surface area (Å²) in [5.74, 6) is 0. The number of nitrogens with zero attached hydrogens (tertiary/aromatic N) is 1. The molecule has 0 saturated carbocycles. The van der Waals surface area contributed by atoms with Crippen molar-refractivity contribution in [3.05, 3.63) is 16.1 Å². The average Bonchev–Trinajstić information content (AvgIpc) is 2.49. The summed E-state index contributed by atoms with van der Waals surface area (Å²) in [4.78, 5) is 5.11. The second-order valence-corrected chi connectivity index (χ2v) is 4.56. The summed E-state index contributed by atoms with van der Waals surface area (Å²) in [6.45, 7) is 2.89. The van der Waals surface area contributed by atoms with E-state index in [1.165, 1.54) is 0 Å². The minimum atomic E-state index is -4.04. The lowest BCUT2D eigenvalue weighted by molar-refractivity contribution is -0.135. The van der Waals surface area contributed by atoms with Crippen molar-refractivity contribution < 1.29 is 13.2 Å². The van der Waals surface area contributed by atoms with Gasteiger partial charge in [0.05, 0.1) is 5.01 Å². The first-order chi connectivity index (χ1) is 6.97. The summed E-state index contributed by atoms with van der Waals surface area (Å²) in [6, 6.07) is 0. The Bertz CT molecular complexity index is 296. The molecule has 1 aromatic rings. The standard InChI is InChI=1S/C9H13F3N2S/c1-7-14-6-8(15-7)5-13-4-2-3-9(10,11)12/h6,13H,2-5H2,1H3. The summed E-state index contributed by atoms with van der Waals surface area (Å²) >= 11 is 1.56. The highest BCUT2D eigenvalue weighted by Crippen LogP contribution is 2.20. The number of thiazole rings is 1. The molecule has 0 bridgehead atoms. The van der Waals surface area contributed by atoms with Crippen LogP contribution >= 0.6 is 11.3 Å². The maximum Gasteiger partial charge on any atom is 0.389 e. The highest BCUT2D eigenvalue weighted by molar-refractivity contribution is 7.11. The predicted octanol–water partition coefficient (Wildman–Crippen LogP) is 2.88. The van der Waals surface area contributed by atoms with Crippen molar-refractivity contribution in [2.75, 3.05) is 6.54 Å². The quantitative estimate of drug-likeness (QED) is 0.798. The number of aryl methyl sites for hydroxylation is 1. The Labute approximate surface area is 90.5 Å². The number of alkyl halides is 3. The predicted molar refractivity (Wildman–Crippen MR) is 53.8 cm³/mol. The van der Waals surface area contributed by atoms with Crippen LogP contribution in [0.5, 0.6) is 0 Å². The van der Waals surface area contributed by atoms with Crippen LogP contribution in [0.3, 0.4) is 0 Å². The molecule has 6 heteroatoms. The number of nitrogens with one attached hydrogen (secondary N) is 1. The molecule has 1 aromatic heterocycles. The smallest absolute Gasteiger partial charge is 0.312 e. The van der Waals surface area contributed by atoms with Gasteiger partial charge in [-0.25, -0.2) is 4.98 Å². The van der Waals surface area contributed by atoms with Crippen molar-refractivity contribution in [3.63, 3.8) is 0 Å². The molecule has 0 aliphatic heterocycles. The maximum atomic E-state index is 11.8. The van der Waals surface area contributed by atoms with E-state index in [-0.39, 0.29) is 6.42 Å². The Morgan fingerprint density at radius 2 is 2.20 bits per heavy atom. The molecule has 0 fully saturated rings. The molecule has 15 heavy (non-hydrogen) atoms. The summed E-state index contributed by atoms with van der Waals surface area (Å²) < 4.78 is 35.3. The third kappa shape index (κ3) is 5.74. The van der Waals surface area contributed by atoms with Crippen molar-refractivity contribution in [1.29, 1.82) is 0 Å². The number of rotatable bonds is 5. The van der Waals surface area contributed by atoms with Crippen molar-refractivity contribution in [3.8, 4) is 0 Å². The van der Waals surface area contributed by atoms with Gasteiger partial charge in [0.15, 0.2) is 0 Å². The van der Waals surface area contributed by atoms with Gasteiger partial charge in [-0.3, -0.25) is 0 Å². The monoisotopic (exact) mass is 238 g/mol. The second-order valence-electron chi connectivity index (χ2n) is 3.24. The lowest BCUT2D eigenvalue weighted by atomic mass is 10.3. The second kappa shape index (κ2) is 5.46. The van der Waals surface area contributed by atoms with E-state index in [0.717, 1.165) is 9.88 Å². The van der Waals surface area contributed by atoms with E-state index in [1.807, 2.05) is 6.92 Å². The van der Waals surface area contributed by atoms with Crippen LogP contribution in [-0.4, -0.2) is 17.7 Å². The first kappa shape index (κ1) is 12.4. The third-order valence-electron chi connectivity index (χ3n) is 1.78. The van der Waals surface area contributed by atoms with Gasteiger partial charge in [0.1, 0.15) is 0 Å². The Hall–Kier alpha value is -0.620. The molecule has 2 nitrogen and oxygen atoms in total. The van der Waals surface area contributed by atoms with Crippen LogP contribution in [0.2, 0.25) is 0 Å². The maximum absolute atomic E-state index is 11.8. The number of halogens is 3. The van der Waals surface area contributed by atoms with E-state index >= 15 is 0 Å². The van der Waals surface area contributed by atoms with Gasteiger partial charge in [0.2, 0.25) is 0 Å². The normalized spacial score (nSPS) is 12.0. The fraction of sp³-hybridized carbons (Fsp3) is 0.667. The molecule has 0 aromatic carbocycles. The van der Waals surface area contributed by atoms with Crippen LogP contribution in [0.1, 0.15) is 22.7 Å². The van der Waals surface area contributed by atoms with E-state index in [0.29, 0.717) is 13.1 Å². The SMILES string of the molecule is Cc1ncc(CNCCCC(F)(F)F)s1. The van der Waals surface area contributed by atoms with Gasteiger partial charge in [-0.2, -0.15) is 13.2 Å². The summed E-state index contributed by atoms with van der Waals surface area (Å²) in [5, 5.41) is 3.93. The van der Waals surface area contributed by atoms with Crippen molar-refractivity contribution in [2.45, 2.75) is 32.5 Å². The van der Waals surface area contributed by atoms with Gasteiger partial charge >= 0.3 is 6.18 Å². The fourth-order valence-electron chi connectivity index (χ4n) is 1.11. The number of aromatic nitrogens is 1. The van der Waals surface area contributed by atoms with Crippen LogP contribution < -0.4 is 5.32 Å². The molecule has 86 valence electrons. The molecule has 0 spiro atoms. The van der Waals surface area contributed by atoms with Crippen LogP contribution in [0.15, 0.2) is 6.20 Å². The Morgan fingerprint density at radius 3 is 2.73 bits per heavy atom. The first-order valence-corrected chi connectivity index (χ1v) is 5.48. The topological polar surface area (TPSA) is 24.9 Å². The molecule has 0 radical (unpaired) electrons. The van der Waals surface area contributed by atoms with E-state index in [9.17, 15) is 13.2 Å². The molecule has 1 rings (SSSR count). The molecular formula is C9H13F3N2S. The minimum Gasteiger partial charge on any atom is -0.312 e. The summed E-state index contributed by atoms with van der Waals surface area (Å²) in [6.07, 6.45) is -2.89. The lowest BCUT2D eigenvalue weighted by Crippen LogP contribution is -2.17. The molecule has 0 amide bonds. The van der Waals surface area contributed by atoms with Crippen LogP contribution in [0, 0.1) is 6.92 Å². The molecule has 1 N–H and O–H groups in total. The Kier molecular flexibility index (Phi) is 4.53. The highest BCUT2D eigenvalue weighted by Gasteiger charge is 2.25. The third-order valence-corrected chi connectivity index (χ3v) is 2.69. The average molecular weight is 238 g/mol. The van der Waals surface area contributed by atoms with E-state index in [1.54, 1.807) is 17.5 Å². The van der Waals surface area contributed by atoms with Gasteiger partial charge < -0.3 is 5.32 Å². The van der Waals surface area contributed by atoms with Crippen LogP contribution in [0.4, 0.5) is 13.2 Å². The highest BCUT2D eigenvalue weighted by atomic mass is 32.1. The van der Waals surface area contributed by atoms with Gasteiger partial charge in [0, 0.05) is 24.0 Å². The van der Waals surface area contributed by atoms with Gasteiger partial charge in [0.25, 0.3) is 0 Å². The minimum absolute atomic E-state index is 0.126. The number of hydrogen-bond donors (Lipinski definition) is 1. The fourth-order valence-corrected chi connectivity index (χ4v) is 1.88. The molecule has 1 heterocycles. The molecule has 0 saturated heterocycles. The molecule has 0 aliphatic rings. The van der Waals surface area contributed by atoms with E-state index in [2.05, 4.69) is 10.3 Å². The zero-order chi connectivity index (χ0) is 11.3. The van der Waals surface area contributed by atoms with Crippen molar-refractivity contribution in [2.24, 2.45) is 0 Å². The summed E-state index contributed by atoms with van der Waals surface area (Å²) in [5.41, 5.74) is 0. The van der Waals surface area contributed by atoms with Crippen LogP contribution in [0.25, 0.3) is 0 Å². The molecule has 0 unspecified atom stereocenters. The Balaban J connectivity index is 2.07. The lowest BCUT2D eigenvalue weighted by Gasteiger charge is -2.06. The largest absolute Gasteiger partial charge is 0.389 e. The molecule has 0 aliphatic carbocycles. The van der Waals surface area contributed by atoms with E-state index < -0.39 is 12.6 Å². The number of hydrogen-bond acceptors (Lipinski definition) is 3. The van der Waals surface area contributed by atoms with Crippen LogP contribution in [-0.2, 0) is 6.54 Å². The molecule has 0 atom stereocenters. The first-order valence-electron chi connectivity index (χ1n) is 4.66. The summed E-state index contributed by atoms with van der Waals surface area (Å²) in [7, 11) is 0.